The van der Waals surface area contributed by atoms with Crippen LogP contribution >= 0.6 is 11.6 Å². The van der Waals surface area contributed by atoms with Gasteiger partial charge >= 0.3 is 11.9 Å². The number of esters is 2. The van der Waals surface area contributed by atoms with Crippen molar-refractivity contribution in [2.24, 2.45) is 11.8 Å². The van der Waals surface area contributed by atoms with Crippen molar-refractivity contribution >= 4 is 23.5 Å². The Morgan fingerprint density at radius 2 is 1.86 bits per heavy atom. The summed E-state index contributed by atoms with van der Waals surface area (Å²) in [5.74, 6) is -1.40. The van der Waals surface area contributed by atoms with Crippen LogP contribution in [0, 0.1) is 11.8 Å². The molecule has 0 amide bonds. The number of rotatable bonds is 13. The van der Waals surface area contributed by atoms with Gasteiger partial charge < -0.3 is 39.6 Å². The zero-order valence-corrected chi connectivity index (χ0v) is 31.7. The molecule has 4 N–H and O–H groups in total. The Bertz CT molecular complexity index is 1350. The van der Waals surface area contributed by atoms with E-state index in [0.717, 1.165) is 12.0 Å². The molecule has 280 valence electrons. The summed E-state index contributed by atoms with van der Waals surface area (Å²) in [6, 6.07) is 6.96. The summed E-state index contributed by atoms with van der Waals surface area (Å²) in [4.78, 5) is 24.7. The van der Waals surface area contributed by atoms with Crippen molar-refractivity contribution in [1.29, 1.82) is 0 Å². The number of allylic oxidation sites excluding steroid dienone is 2. The van der Waals surface area contributed by atoms with Gasteiger partial charge in [-0.3, -0.25) is 9.59 Å². The van der Waals surface area contributed by atoms with E-state index in [1.807, 2.05) is 45.0 Å². The average Bonchev–Trinajstić information content (AvgIpc) is 3.83. The van der Waals surface area contributed by atoms with Gasteiger partial charge in [0.05, 0.1) is 36.4 Å². The molecule has 50 heavy (non-hydrogen) atoms. The number of hydrogen-bond acceptors (Lipinski definition) is 10. The van der Waals surface area contributed by atoms with E-state index in [4.69, 9.17) is 30.5 Å². The van der Waals surface area contributed by atoms with E-state index in [2.05, 4.69) is 19.2 Å². The molecule has 2 aliphatic heterocycles. The summed E-state index contributed by atoms with van der Waals surface area (Å²) in [5.41, 5.74) is -1.13. The number of benzene rings is 1. The molecule has 10 nitrogen and oxygen atoms in total. The monoisotopic (exact) mass is 719 g/mol. The lowest BCUT2D eigenvalue weighted by Crippen LogP contribution is -2.53. The van der Waals surface area contributed by atoms with E-state index in [9.17, 15) is 24.9 Å². The number of halogens is 1. The van der Waals surface area contributed by atoms with Gasteiger partial charge in [-0.1, -0.05) is 68.8 Å². The molecule has 12 atom stereocenters. The second-order valence-corrected chi connectivity index (χ2v) is 14.9. The second kappa shape index (κ2) is 18.3. The van der Waals surface area contributed by atoms with Crippen molar-refractivity contribution < 1.29 is 43.9 Å². The van der Waals surface area contributed by atoms with Crippen LogP contribution in [-0.4, -0.2) is 88.2 Å². The first-order valence-corrected chi connectivity index (χ1v) is 18.0. The van der Waals surface area contributed by atoms with Crippen LogP contribution in [0.5, 0.6) is 0 Å². The van der Waals surface area contributed by atoms with Crippen molar-refractivity contribution in [2.45, 2.75) is 141 Å². The molecule has 1 aromatic rings. The summed E-state index contributed by atoms with van der Waals surface area (Å²) in [5, 5.41) is 37.9. The maximum absolute atomic E-state index is 12.9. The SMILES string of the molecule is CC[C@H](OC)[C@@H](C)[C@H]1O[C@@H]1C(N[C@H](C)c1ccc(Cl)cc1)C(C)(O)/C=C/C=C(\C)C1OC(=O)C[C@H](O)CC[C@@](C)(O)[C@@H](OC(C)=O)/C=C/[C@@H]1C. The maximum atomic E-state index is 12.9. The fraction of sp³-hybridized carbons (Fsp3) is 0.641. The molecule has 2 heterocycles. The van der Waals surface area contributed by atoms with Crippen molar-refractivity contribution in [3.05, 3.63) is 70.8 Å². The smallest absolute Gasteiger partial charge is 0.309 e. The van der Waals surface area contributed by atoms with E-state index in [1.165, 1.54) is 6.92 Å². The minimum absolute atomic E-state index is 0.0200. The molecule has 0 aliphatic carbocycles. The third-order valence-electron chi connectivity index (χ3n) is 9.99. The standard InChI is InChI=1S/C39H58ClNO9/c1-10-31(47-9)25(4)35-36(50-35)37(41-26(5)28-14-16-29(40)17-15-28)39(8,46)20-11-12-23(2)34-24(3)13-18-32(48-27(6)42)38(7,45)21-19-30(43)22-33(44)49-34/h11-18,20,24-26,30-32,34-37,41,43,45-46H,10,19,21-22H2,1-9H3/b18-13+,20-11+,23-12+/t24-,25+,26+,30+,31-,32-,34?,35+,36-,37?,38+,39?/m0/s1. The highest BCUT2D eigenvalue weighted by atomic mass is 35.5. The first kappa shape index (κ1) is 41.8. The van der Waals surface area contributed by atoms with Crippen LogP contribution < -0.4 is 5.32 Å². The number of methoxy groups -OCH3 is 1. The highest BCUT2D eigenvalue weighted by Gasteiger charge is 2.54. The Morgan fingerprint density at radius 3 is 2.46 bits per heavy atom. The molecule has 2 aliphatic rings. The summed E-state index contributed by atoms with van der Waals surface area (Å²) >= 11 is 6.13. The maximum Gasteiger partial charge on any atom is 0.309 e. The Hall–Kier alpha value is -2.57. The third-order valence-corrected chi connectivity index (χ3v) is 10.2. The Kier molecular flexibility index (Phi) is 15.3. The number of nitrogens with one attached hydrogen (secondary N) is 1. The van der Waals surface area contributed by atoms with Crippen molar-refractivity contribution in [3.63, 3.8) is 0 Å². The van der Waals surface area contributed by atoms with E-state index in [1.54, 1.807) is 51.3 Å². The van der Waals surface area contributed by atoms with Gasteiger partial charge in [-0.05, 0) is 76.3 Å². The van der Waals surface area contributed by atoms with Gasteiger partial charge in [-0.25, -0.2) is 0 Å². The number of carbonyl (C=O) groups is 2. The molecule has 0 radical (unpaired) electrons. The van der Waals surface area contributed by atoms with E-state index in [0.29, 0.717) is 10.6 Å². The molecule has 0 bridgehead atoms. The van der Waals surface area contributed by atoms with E-state index < -0.39 is 53.4 Å². The van der Waals surface area contributed by atoms with Crippen LogP contribution in [0.3, 0.4) is 0 Å². The number of hydrogen-bond donors (Lipinski definition) is 4. The lowest BCUT2D eigenvalue weighted by molar-refractivity contribution is -0.157. The largest absolute Gasteiger partial charge is 0.457 e. The van der Waals surface area contributed by atoms with Crippen LogP contribution in [0.15, 0.2) is 60.2 Å². The summed E-state index contributed by atoms with van der Waals surface area (Å²) in [6.07, 6.45) is 6.28. The first-order chi connectivity index (χ1) is 23.4. The topological polar surface area (TPSA) is 147 Å². The molecule has 1 fully saturated rings. The lowest BCUT2D eigenvalue weighted by atomic mass is 9.86. The van der Waals surface area contributed by atoms with Gasteiger partial charge in [-0.15, -0.1) is 0 Å². The number of carbonyl (C=O) groups excluding carboxylic acids is 2. The van der Waals surface area contributed by atoms with Crippen LogP contribution in [0.1, 0.15) is 92.7 Å². The van der Waals surface area contributed by atoms with Gasteiger partial charge in [0.15, 0.2) is 0 Å². The molecule has 3 unspecified atom stereocenters. The van der Waals surface area contributed by atoms with Crippen LogP contribution in [0.25, 0.3) is 0 Å². The van der Waals surface area contributed by atoms with Gasteiger partial charge in [0.25, 0.3) is 0 Å². The Balaban J connectivity index is 1.90. The van der Waals surface area contributed by atoms with Gasteiger partial charge in [0.2, 0.25) is 0 Å². The summed E-state index contributed by atoms with van der Waals surface area (Å²) < 4.78 is 23.2. The van der Waals surface area contributed by atoms with Gasteiger partial charge in [-0.2, -0.15) is 0 Å². The zero-order valence-electron chi connectivity index (χ0n) is 31.0. The molecule has 0 saturated carbocycles. The second-order valence-electron chi connectivity index (χ2n) is 14.5. The molecule has 0 aromatic heterocycles. The van der Waals surface area contributed by atoms with Crippen LogP contribution in [0.2, 0.25) is 5.02 Å². The van der Waals surface area contributed by atoms with Crippen molar-refractivity contribution in [2.75, 3.05) is 7.11 Å². The number of aliphatic hydroxyl groups excluding tert-OH is 1. The predicted molar refractivity (Wildman–Crippen MR) is 193 cm³/mol. The van der Waals surface area contributed by atoms with Crippen LogP contribution in [-0.2, 0) is 28.5 Å². The molecule has 11 heteroatoms. The molecule has 1 saturated heterocycles. The fourth-order valence-corrected chi connectivity index (χ4v) is 6.85. The lowest BCUT2D eigenvalue weighted by Gasteiger charge is -2.33. The number of epoxide rings is 1. The molecular formula is C39H58ClNO9. The summed E-state index contributed by atoms with van der Waals surface area (Å²) in [7, 11) is 1.70. The molecule has 3 rings (SSSR count). The Morgan fingerprint density at radius 1 is 1.20 bits per heavy atom. The highest BCUT2D eigenvalue weighted by molar-refractivity contribution is 6.30. The van der Waals surface area contributed by atoms with Gasteiger partial charge in [0.1, 0.15) is 23.9 Å². The molecule has 1 aromatic carbocycles. The predicted octanol–water partition coefficient (Wildman–Crippen LogP) is 5.77. The number of aliphatic hydroxyl groups is 3. The normalized spacial score (nSPS) is 32.4. The zero-order chi connectivity index (χ0) is 37.4. The minimum atomic E-state index is -1.46. The Labute approximate surface area is 302 Å². The van der Waals surface area contributed by atoms with Crippen molar-refractivity contribution in [1.82, 2.24) is 5.32 Å². The first-order valence-electron chi connectivity index (χ1n) is 17.6. The molecular weight excluding hydrogens is 662 g/mol. The third kappa shape index (κ3) is 11.7. The number of cyclic esters (lactones) is 1. The quantitative estimate of drug-likeness (QED) is 0.0857. The minimum Gasteiger partial charge on any atom is -0.457 e. The number of ether oxygens (including phenoxy) is 4. The van der Waals surface area contributed by atoms with E-state index >= 15 is 0 Å². The average molecular weight is 720 g/mol. The fourth-order valence-electron chi connectivity index (χ4n) is 6.73. The van der Waals surface area contributed by atoms with Crippen LogP contribution in [0.4, 0.5) is 0 Å². The molecule has 0 spiro atoms. The van der Waals surface area contributed by atoms with E-state index in [-0.39, 0.29) is 49.5 Å². The van der Waals surface area contributed by atoms with Gasteiger partial charge in [0, 0.05) is 36.9 Å². The highest BCUT2D eigenvalue weighted by Crippen LogP contribution is 2.39. The summed E-state index contributed by atoms with van der Waals surface area (Å²) in [6.45, 7) is 14.4. The van der Waals surface area contributed by atoms with Crippen molar-refractivity contribution in [3.8, 4) is 0 Å².